The molecule has 0 aliphatic carbocycles. The Morgan fingerprint density at radius 1 is 1.31 bits per heavy atom. The quantitative estimate of drug-likeness (QED) is 0.694. The summed E-state index contributed by atoms with van der Waals surface area (Å²) in [6, 6.07) is 1.99. The van der Waals surface area contributed by atoms with Crippen LogP contribution < -0.4 is 0 Å². The van der Waals surface area contributed by atoms with Gasteiger partial charge in [-0.05, 0) is 43.4 Å². The Balaban J connectivity index is 3.38. The molecular weight excluding hydrogens is 218 g/mol. The van der Waals surface area contributed by atoms with Crippen molar-refractivity contribution in [3.05, 3.63) is 34.1 Å². The molecule has 0 spiro atoms. The smallest absolute Gasteiger partial charge is 0.129 e. The minimum atomic E-state index is 0.613. The van der Waals surface area contributed by atoms with Gasteiger partial charge in [0.05, 0.1) is 0 Å². The van der Waals surface area contributed by atoms with Crippen LogP contribution in [-0.4, -0.2) is 4.98 Å². The molecule has 0 aliphatic rings. The fraction of sp³-hybridized carbons (Fsp3) is 0.500. The molecule has 0 aromatic carbocycles. The zero-order valence-corrected chi connectivity index (χ0v) is 11.4. The number of aryl methyl sites for hydroxylation is 2. The number of halogens is 1. The van der Waals surface area contributed by atoms with Crippen LogP contribution in [0.25, 0.3) is 5.57 Å². The lowest BCUT2D eigenvalue weighted by Crippen LogP contribution is -2.01. The van der Waals surface area contributed by atoms with Gasteiger partial charge in [-0.3, -0.25) is 0 Å². The molecule has 1 rings (SSSR count). The average Bonchev–Trinajstić information content (AvgIpc) is 2.27. The Morgan fingerprint density at radius 3 is 2.50 bits per heavy atom. The third-order valence-electron chi connectivity index (χ3n) is 2.77. The summed E-state index contributed by atoms with van der Waals surface area (Å²) in [4.78, 5) is 4.43. The van der Waals surface area contributed by atoms with Crippen molar-refractivity contribution in [3.63, 3.8) is 0 Å². The first kappa shape index (κ1) is 13.2. The Morgan fingerprint density at radius 2 is 2.00 bits per heavy atom. The summed E-state index contributed by atoms with van der Waals surface area (Å²) in [5.74, 6) is 0. The van der Waals surface area contributed by atoms with Crippen molar-refractivity contribution in [3.8, 4) is 0 Å². The molecule has 0 bridgehead atoms. The maximum atomic E-state index is 6.03. The molecule has 1 aromatic heterocycles. The monoisotopic (exact) mass is 237 g/mol. The summed E-state index contributed by atoms with van der Waals surface area (Å²) < 4.78 is 0. The molecule has 0 radical (unpaired) electrons. The highest BCUT2D eigenvalue weighted by Crippen LogP contribution is 2.26. The lowest BCUT2D eigenvalue weighted by Gasteiger charge is -2.13. The number of allylic oxidation sites excluding steroid dienone is 2. The zero-order valence-electron chi connectivity index (χ0n) is 10.6. The second kappa shape index (κ2) is 6.05. The normalized spacial score (nSPS) is 11.9. The van der Waals surface area contributed by atoms with E-state index in [0.29, 0.717) is 5.15 Å². The topological polar surface area (TPSA) is 12.9 Å². The van der Waals surface area contributed by atoms with E-state index >= 15 is 0 Å². The van der Waals surface area contributed by atoms with Crippen LogP contribution >= 0.6 is 11.6 Å². The fourth-order valence-electron chi connectivity index (χ4n) is 2.04. The van der Waals surface area contributed by atoms with Crippen molar-refractivity contribution in [1.82, 2.24) is 4.98 Å². The lowest BCUT2D eigenvalue weighted by atomic mass is 9.96. The summed E-state index contributed by atoms with van der Waals surface area (Å²) in [7, 11) is 0. The molecule has 2 heteroatoms. The van der Waals surface area contributed by atoms with E-state index in [1.165, 1.54) is 16.7 Å². The molecule has 88 valence electrons. The van der Waals surface area contributed by atoms with Gasteiger partial charge in [-0.25, -0.2) is 4.98 Å². The van der Waals surface area contributed by atoms with Crippen LogP contribution in [0.5, 0.6) is 0 Å². The molecule has 1 heterocycles. The van der Waals surface area contributed by atoms with Gasteiger partial charge in [-0.2, -0.15) is 0 Å². The van der Waals surface area contributed by atoms with Crippen molar-refractivity contribution >= 4 is 17.2 Å². The zero-order chi connectivity index (χ0) is 12.1. The molecule has 0 unspecified atom stereocenters. The number of nitrogens with zero attached hydrogens (tertiary/aromatic N) is 1. The first-order valence-electron chi connectivity index (χ1n) is 5.99. The highest BCUT2D eigenvalue weighted by atomic mass is 35.5. The van der Waals surface area contributed by atoms with Gasteiger partial charge in [0.1, 0.15) is 5.15 Å². The molecule has 1 aromatic rings. The molecule has 0 N–H and O–H groups in total. The molecule has 0 saturated heterocycles. The van der Waals surface area contributed by atoms with Crippen molar-refractivity contribution in [2.45, 2.75) is 47.0 Å². The van der Waals surface area contributed by atoms with E-state index in [-0.39, 0.29) is 0 Å². The minimum absolute atomic E-state index is 0.613. The van der Waals surface area contributed by atoms with Crippen LogP contribution in [0, 0.1) is 0 Å². The van der Waals surface area contributed by atoms with Gasteiger partial charge in [-0.15, -0.1) is 0 Å². The molecule has 0 aliphatic heterocycles. The third-order valence-corrected chi connectivity index (χ3v) is 2.96. The van der Waals surface area contributed by atoms with Crippen LogP contribution in [-0.2, 0) is 12.8 Å². The maximum Gasteiger partial charge on any atom is 0.129 e. The van der Waals surface area contributed by atoms with Crippen LogP contribution in [0.3, 0.4) is 0 Å². The fourth-order valence-corrected chi connectivity index (χ4v) is 2.28. The first-order valence-corrected chi connectivity index (χ1v) is 6.37. The van der Waals surface area contributed by atoms with E-state index in [4.69, 9.17) is 11.6 Å². The number of hydrogen-bond acceptors (Lipinski definition) is 1. The van der Waals surface area contributed by atoms with Gasteiger partial charge >= 0.3 is 0 Å². The van der Waals surface area contributed by atoms with Gasteiger partial charge in [0, 0.05) is 11.3 Å². The van der Waals surface area contributed by atoms with Crippen LogP contribution in [0.4, 0.5) is 0 Å². The van der Waals surface area contributed by atoms with Gasteiger partial charge in [0.15, 0.2) is 0 Å². The second-order valence-electron chi connectivity index (χ2n) is 3.93. The van der Waals surface area contributed by atoms with Crippen LogP contribution in [0.1, 0.15) is 50.9 Å². The van der Waals surface area contributed by atoms with Gasteiger partial charge in [0.25, 0.3) is 0 Å². The van der Waals surface area contributed by atoms with Gasteiger partial charge < -0.3 is 0 Å². The first-order chi connectivity index (χ1) is 7.63. The molecule has 16 heavy (non-hydrogen) atoms. The lowest BCUT2D eigenvalue weighted by molar-refractivity contribution is 0.990. The largest absolute Gasteiger partial charge is 0.241 e. The van der Waals surface area contributed by atoms with Gasteiger partial charge in [0.2, 0.25) is 0 Å². The average molecular weight is 238 g/mol. The SMILES string of the molecule is CC/C=C(/C)c1c(CC)cc(Cl)nc1CC. The van der Waals surface area contributed by atoms with E-state index in [9.17, 15) is 0 Å². The summed E-state index contributed by atoms with van der Waals surface area (Å²) in [6.45, 7) is 8.60. The predicted octanol–water partition coefficient (Wildman–Crippen LogP) is 4.67. The molecule has 1 nitrogen and oxygen atoms in total. The number of aromatic nitrogens is 1. The van der Waals surface area contributed by atoms with Crippen molar-refractivity contribution in [2.75, 3.05) is 0 Å². The van der Waals surface area contributed by atoms with E-state index in [1.54, 1.807) is 0 Å². The number of rotatable bonds is 4. The van der Waals surface area contributed by atoms with Crippen LogP contribution in [0.2, 0.25) is 5.15 Å². The second-order valence-corrected chi connectivity index (χ2v) is 4.32. The Kier molecular flexibility index (Phi) is 5.01. The third kappa shape index (κ3) is 2.85. The summed E-state index contributed by atoms with van der Waals surface area (Å²) >= 11 is 6.03. The number of hydrogen-bond donors (Lipinski definition) is 0. The maximum absolute atomic E-state index is 6.03. The summed E-state index contributed by atoms with van der Waals surface area (Å²) in [5.41, 5.74) is 5.04. The molecule has 0 atom stereocenters. The van der Waals surface area contributed by atoms with Crippen molar-refractivity contribution < 1.29 is 0 Å². The number of pyridine rings is 1. The molecule has 0 fully saturated rings. The van der Waals surface area contributed by atoms with Gasteiger partial charge in [-0.1, -0.05) is 38.4 Å². The Labute approximate surface area is 104 Å². The van der Waals surface area contributed by atoms with Crippen molar-refractivity contribution in [1.29, 1.82) is 0 Å². The minimum Gasteiger partial charge on any atom is -0.241 e. The van der Waals surface area contributed by atoms with Crippen LogP contribution in [0.15, 0.2) is 12.1 Å². The highest BCUT2D eigenvalue weighted by Gasteiger charge is 2.10. The Bertz CT molecular complexity index is 369. The molecular formula is C14H20ClN. The predicted molar refractivity (Wildman–Crippen MR) is 71.9 cm³/mol. The van der Waals surface area contributed by atoms with E-state index in [2.05, 4.69) is 38.8 Å². The van der Waals surface area contributed by atoms with E-state index in [1.807, 2.05) is 6.07 Å². The Hall–Kier alpha value is -0.820. The van der Waals surface area contributed by atoms with E-state index < -0.39 is 0 Å². The summed E-state index contributed by atoms with van der Waals surface area (Å²) in [6.07, 6.45) is 5.24. The molecule has 0 saturated carbocycles. The van der Waals surface area contributed by atoms with Crippen molar-refractivity contribution in [2.24, 2.45) is 0 Å². The highest BCUT2D eigenvalue weighted by molar-refractivity contribution is 6.29. The van der Waals surface area contributed by atoms with E-state index in [0.717, 1.165) is 25.0 Å². The summed E-state index contributed by atoms with van der Waals surface area (Å²) in [5, 5.41) is 0.613. The standard InChI is InChI=1S/C14H20ClN/c1-5-8-10(4)14-11(6-2)9-13(15)16-12(14)7-3/h8-9H,5-7H2,1-4H3/b10-8-. The molecule has 0 amide bonds.